The molecule has 47 heavy (non-hydrogen) atoms. The summed E-state index contributed by atoms with van der Waals surface area (Å²) in [5.41, 5.74) is -8.08. The van der Waals surface area contributed by atoms with Crippen LogP contribution in [-0.2, 0) is 52.3 Å². The fourth-order valence-electron chi connectivity index (χ4n) is 11.7. The van der Waals surface area contributed by atoms with E-state index in [1.165, 1.54) is 20.5 Å². The second-order valence-corrected chi connectivity index (χ2v) is 15.0. The first-order chi connectivity index (χ1) is 22.2. The molecule has 0 aromatic heterocycles. The molecule has 5 heterocycles. The maximum absolute atomic E-state index is 14.0. The number of hydrogen-bond donors (Lipinski definition) is 3. The van der Waals surface area contributed by atoms with Gasteiger partial charge >= 0.3 is 17.9 Å². The summed E-state index contributed by atoms with van der Waals surface area (Å²) in [6.45, 7) is 6.42. The lowest BCUT2D eigenvalue weighted by molar-refractivity contribution is -0.295. The number of fused-ring (bicyclic) bond motifs is 7. The summed E-state index contributed by atoms with van der Waals surface area (Å²) in [6, 6.07) is 0. The molecule has 7 fully saturated rings. The highest BCUT2D eigenvalue weighted by Gasteiger charge is 2.95. The molecule has 14 heteroatoms. The first kappa shape index (κ1) is 31.7. The second-order valence-electron chi connectivity index (χ2n) is 15.0. The van der Waals surface area contributed by atoms with Gasteiger partial charge in [-0.1, -0.05) is 13.0 Å². The Morgan fingerprint density at radius 1 is 1.02 bits per heavy atom. The van der Waals surface area contributed by atoms with Crippen LogP contribution in [0.4, 0.5) is 0 Å². The molecule has 4 saturated heterocycles. The van der Waals surface area contributed by atoms with Crippen LogP contribution in [0.15, 0.2) is 24.0 Å². The number of carbonyl (C=O) groups excluding carboxylic acids is 3. The molecular formula is C33H42O14. The molecule has 0 aromatic rings. The third-order valence-electron chi connectivity index (χ3n) is 13.8. The Balaban J connectivity index is 1.32. The Hall–Kier alpha value is -2.59. The van der Waals surface area contributed by atoms with Crippen LogP contribution in [0.5, 0.6) is 0 Å². The Bertz CT molecular complexity index is 1490. The number of methoxy groups -OCH3 is 2. The van der Waals surface area contributed by atoms with Gasteiger partial charge in [-0.3, -0.25) is 4.79 Å². The van der Waals surface area contributed by atoms with Gasteiger partial charge in [-0.15, -0.1) is 0 Å². The molecule has 3 N–H and O–H groups in total. The van der Waals surface area contributed by atoms with E-state index in [9.17, 15) is 29.7 Å². The summed E-state index contributed by atoms with van der Waals surface area (Å²) >= 11 is 0. The number of aliphatic hydroxyl groups is 3. The highest BCUT2D eigenvalue weighted by atomic mass is 16.7. The highest BCUT2D eigenvalue weighted by Crippen LogP contribution is 2.82. The highest BCUT2D eigenvalue weighted by molar-refractivity contribution is 5.88. The molecule has 0 unspecified atom stereocenters. The van der Waals surface area contributed by atoms with Gasteiger partial charge in [0.2, 0.25) is 6.29 Å². The van der Waals surface area contributed by atoms with E-state index >= 15 is 0 Å². The number of epoxide rings is 1. The van der Waals surface area contributed by atoms with Gasteiger partial charge in [0, 0.05) is 40.6 Å². The Labute approximate surface area is 271 Å². The number of rotatable bonds is 5. The van der Waals surface area contributed by atoms with E-state index in [0.717, 1.165) is 0 Å². The summed E-state index contributed by atoms with van der Waals surface area (Å²) in [5.74, 6) is -4.66. The summed E-state index contributed by atoms with van der Waals surface area (Å²) in [5, 5.41) is 36.9. The standard InChI is InChI=1S/C33H42O14/c1-7-14(2)24(36)45-17-11-16(34)30-12-44-20(25(37)40-5)21(30)28(3,23(35)19-22(30)31(17,13-43-19)26(38)41-6)33-18-10-15(29(33,4)47-33)32(39)8-9-42-27(32)46-18/h7-9,15-23,27,34-35,39H,10-13H2,1-6H3/b14-7+/t15-,16-,17+,18-,19+,20-,21-,22+,23+,27-,28-,29-,30+,31-,32-,33-/m0/s1. The molecule has 5 aliphatic heterocycles. The minimum atomic E-state index is -1.66. The summed E-state index contributed by atoms with van der Waals surface area (Å²) in [7, 11) is 2.45. The van der Waals surface area contributed by atoms with E-state index in [0.29, 0.717) is 12.0 Å². The summed E-state index contributed by atoms with van der Waals surface area (Å²) in [4.78, 5) is 40.8. The van der Waals surface area contributed by atoms with Crippen LogP contribution in [0, 0.1) is 34.0 Å². The van der Waals surface area contributed by atoms with Gasteiger partial charge in [0.05, 0.1) is 58.1 Å². The Kier molecular flexibility index (Phi) is 6.44. The van der Waals surface area contributed by atoms with Crippen molar-refractivity contribution in [2.45, 2.75) is 100 Å². The van der Waals surface area contributed by atoms with Crippen molar-refractivity contribution in [1.82, 2.24) is 0 Å². The van der Waals surface area contributed by atoms with Crippen LogP contribution in [0.3, 0.4) is 0 Å². The van der Waals surface area contributed by atoms with E-state index in [-0.39, 0.29) is 19.6 Å². The van der Waals surface area contributed by atoms with Crippen molar-refractivity contribution in [3.63, 3.8) is 0 Å². The minimum absolute atomic E-state index is 0.196. The topological polar surface area (TPSA) is 189 Å². The first-order valence-electron chi connectivity index (χ1n) is 16.2. The average Bonchev–Trinajstić information content (AvgIpc) is 3.49. The van der Waals surface area contributed by atoms with Gasteiger partial charge in [-0.25, -0.2) is 9.59 Å². The van der Waals surface area contributed by atoms with E-state index in [1.807, 2.05) is 6.92 Å². The van der Waals surface area contributed by atoms with Crippen molar-refractivity contribution < 1.29 is 67.6 Å². The third-order valence-corrected chi connectivity index (χ3v) is 13.8. The number of ether oxygens (including phenoxy) is 8. The van der Waals surface area contributed by atoms with Gasteiger partial charge in [0.15, 0.2) is 11.7 Å². The van der Waals surface area contributed by atoms with Crippen molar-refractivity contribution in [2.75, 3.05) is 27.4 Å². The van der Waals surface area contributed by atoms with Crippen LogP contribution in [0.25, 0.3) is 0 Å². The average molecular weight is 663 g/mol. The molecular weight excluding hydrogens is 620 g/mol. The van der Waals surface area contributed by atoms with Crippen molar-refractivity contribution in [2.24, 2.45) is 34.0 Å². The number of hydrogen-bond acceptors (Lipinski definition) is 14. The number of aliphatic hydroxyl groups excluding tert-OH is 2. The zero-order valence-electron chi connectivity index (χ0n) is 27.2. The molecule has 2 bridgehead atoms. The van der Waals surface area contributed by atoms with E-state index < -0.39 is 112 Å². The first-order valence-corrected chi connectivity index (χ1v) is 16.2. The normalized spacial score (nSPS) is 56.1. The van der Waals surface area contributed by atoms with Gasteiger partial charge in [0.25, 0.3) is 0 Å². The lowest BCUT2D eigenvalue weighted by Gasteiger charge is -2.65. The monoisotopic (exact) mass is 662 g/mol. The van der Waals surface area contributed by atoms with Gasteiger partial charge in [-0.05, 0) is 33.3 Å². The van der Waals surface area contributed by atoms with Crippen molar-refractivity contribution in [1.29, 1.82) is 0 Å². The van der Waals surface area contributed by atoms with Gasteiger partial charge in [0.1, 0.15) is 22.7 Å². The molecule has 0 aromatic carbocycles. The largest absolute Gasteiger partial charge is 0.469 e. The zero-order valence-corrected chi connectivity index (χ0v) is 27.2. The molecule has 14 nitrogen and oxygen atoms in total. The molecule has 16 atom stereocenters. The fourth-order valence-corrected chi connectivity index (χ4v) is 11.7. The molecule has 258 valence electrons. The molecule has 3 aliphatic carbocycles. The third kappa shape index (κ3) is 3.20. The number of allylic oxidation sites excluding steroid dienone is 1. The number of carbonyl (C=O) groups is 3. The predicted molar refractivity (Wildman–Crippen MR) is 154 cm³/mol. The smallest absolute Gasteiger partial charge is 0.335 e. The van der Waals surface area contributed by atoms with Crippen LogP contribution < -0.4 is 0 Å². The van der Waals surface area contributed by atoms with Crippen LogP contribution in [0.2, 0.25) is 0 Å². The molecule has 0 radical (unpaired) electrons. The molecule has 8 aliphatic rings. The lowest BCUT2D eigenvalue weighted by atomic mass is 9.38. The van der Waals surface area contributed by atoms with E-state index in [1.54, 1.807) is 32.9 Å². The van der Waals surface area contributed by atoms with Crippen molar-refractivity contribution >= 4 is 17.9 Å². The van der Waals surface area contributed by atoms with Crippen LogP contribution in [-0.4, -0.2) is 120 Å². The predicted octanol–water partition coefficient (Wildman–Crippen LogP) is -0.0939. The van der Waals surface area contributed by atoms with Crippen molar-refractivity contribution in [3.05, 3.63) is 24.0 Å². The maximum Gasteiger partial charge on any atom is 0.335 e. The molecule has 3 saturated carbocycles. The van der Waals surface area contributed by atoms with Crippen molar-refractivity contribution in [3.8, 4) is 0 Å². The van der Waals surface area contributed by atoms with Gasteiger partial charge in [-0.2, -0.15) is 0 Å². The SMILES string of the molecule is C/C=C(\C)C(=O)O[C@@H]1C[C@H](O)[C@]23CO[C@H](C(=O)OC)[C@H]2[C@](C)([C@]24O[C@@]2(C)[C@@H]2C[C@@H]4O[C@@H]4OC=C[C@@]42O)[C@H](O)[C@@H]2OC[C@@]1(C(=O)OC)[C@H]23. The Morgan fingerprint density at radius 2 is 1.77 bits per heavy atom. The maximum atomic E-state index is 14.0. The van der Waals surface area contributed by atoms with E-state index in [2.05, 4.69) is 0 Å². The lowest BCUT2D eigenvalue weighted by Crippen LogP contribution is -2.77. The summed E-state index contributed by atoms with van der Waals surface area (Å²) in [6.07, 6.45) is -3.30. The zero-order chi connectivity index (χ0) is 33.7. The fraction of sp³-hybridized carbons (Fsp3) is 0.788. The summed E-state index contributed by atoms with van der Waals surface area (Å²) < 4.78 is 48.0. The quantitative estimate of drug-likeness (QED) is 0.153. The van der Waals surface area contributed by atoms with Gasteiger partial charge < -0.3 is 53.2 Å². The minimum Gasteiger partial charge on any atom is -0.469 e. The molecule has 1 spiro atoms. The molecule has 0 amide bonds. The molecule has 8 rings (SSSR count). The van der Waals surface area contributed by atoms with E-state index in [4.69, 9.17) is 37.9 Å². The second kappa shape index (κ2) is 9.55. The van der Waals surface area contributed by atoms with Crippen LogP contribution in [0.1, 0.15) is 40.5 Å². The van der Waals surface area contributed by atoms with Crippen LogP contribution >= 0.6 is 0 Å². The Morgan fingerprint density at radius 3 is 2.45 bits per heavy atom. The number of esters is 3.